The van der Waals surface area contributed by atoms with Gasteiger partial charge < -0.3 is 14.8 Å². The van der Waals surface area contributed by atoms with Gasteiger partial charge in [-0.2, -0.15) is 0 Å². The lowest BCUT2D eigenvalue weighted by atomic mass is 10.1. The van der Waals surface area contributed by atoms with Crippen LogP contribution in [0.4, 0.5) is 0 Å². The number of nitrogens with one attached hydrogen (secondary N) is 1. The summed E-state index contributed by atoms with van der Waals surface area (Å²) in [6, 6.07) is 6.40. The molecule has 0 fully saturated rings. The van der Waals surface area contributed by atoms with E-state index in [1.807, 2.05) is 0 Å². The summed E-state index contributed by atoms with van der Waals surface area (Å²) in [7, 11) is 0. The molecule has 2 rings (SSSR count). The second-order valence-electron chi connectivity index (χ2n) is 5.18. The number of rotatable bonds is 6. The van der Waals surface area contributed by atoms with Crippen molar-refractivity contribution in [3.05, 3.63) is 29.3 Å². The van der Waals surface area contributed by atoms with Gasteiger partial charge in [-0.15, -0.1) is 0 Å². The zero-order chi connectivity index (χ0) is 13.0. The summed E-state index contributed by atoms with van der Waals surface area (Å²) in [5.41, 5.74) is 2.64. The molecule has 3 nitrogen and oxygen atoms in total. The van der Waals surface area contributed by atoms with E-state index in [1.54, 1.807) is 0 Å². The molecule has 1 unspecified atom stereocenters. The van der Waals surface area contributed by atoms with Crippen LogP contribution in [0.15, 0.2) is 18.2 Å². The molecule has 1 aliphatic heterocycles. The Labute approximate surface area is 109 Å². The molecule has 0 amide bonds. The molecule has 1 atom stereocenters. The third kappa shape index (κ3) is 3.72. The summed E-state index contributed by atoms with van der Waals surface area (Å²) >= 11 is 0. The van der Waals surface area contributed by atoms with E-state index in [4.69, 9.17) is 9.47 Å². The number of fused-ring (bicyclic) bond motifs is 1. The average molecular weight is 249 g/mol. The summed E-state index contributed by atoms with van der Waals surface area (Å²) in [5, 5.41) is 3.38. The SMILES string of the molecule is Cc1ccc2c(c1)CC(CNCCOC(C)C)O2. The van der Waals surface area contributed by atoms with Crippen LogP contribution in [-0.4, -0.2) is 31.9 Å². The van der Waals surface area contributed by atoms with Gasteiger partial charge in [-0.3, -0.25) is 0 Å². The van der Waals surface area contributed by atoms with Crippen LogP contribution in [0.1, 0.15) is 25.0 Å². The van der Waals surface area contributed by atoms with Gasteiger partial charge in [0, 0.05) is 19.5 Å². The molecule has 1 aliphatic rings. The van der Waals surface area contributed by atoms with E-state index >= 15 is 0 Å². The lowest BCUT2D eigenvalue weighted by Crippen LogP contribution is -2.32. The maximum atomic E-state index is 5.89. The van der Waals surface area contributed by atoms with E-state index in [1.165, 1.54) is 11.1 Å². The minimum atomic E-state index is 0.265. The van der Waals surface area contributed by atoms with Gasteiger partial charge in [-0.25, -0.2) is 0 Å². The lowest BCUT2D eigenvalue weighted by Gasteiger charge is -2.12. The van der Waals surface area contributed by atoms with Crippen molar-refractivity contribution >= 4 is 0 Å². The Morgan fingerprint density at radius 1 is 1.44 bits per heavy atom. The Morgan fingerprint density at radius 2 is 2.28 bits per heavy atom. The smallest absolute Gasteiger partial charge is 0.123 e. The van der Waals surface area contributed by atoms with E-state index < -0.39 is 0 Å². The van der Waals surface area contributed by atoms with Crippen LogP contribution in [0, 0.1) is 6.92 Å². The summed E-state index contributed by atoms with van der Waals surface area (Å²) < 4.78 is 11.4. The number of benzene rings is 1. The molecular formula is C15H23NO2. The number of aryl methyl sites for hydroxylation is 1. The maximum Gasteiger partial charge on any atom is 0.123 e. The third-order valence-corrected chi connectivity index (χ3v) is 3.06. The minimum absolute atomic E-state index is 0.265. The van der Waals surface area contributed by atoms with E-state index in [-0.39, 0.29) is 6.10 Å². The van der Waals surface area contributed by atoms with E-state index in [0.717, 1.165) is 31.9 Å². The van der Waals surface area contributed by atoms with Crippen molar-refractivity contribution < 1.29 is 9.47 Å². The van der Waals surface area contributed by atoms with Crippen LogP contribution in [0.25, 0.3) is 0 Å². The largest absolute Gasteiger partial charge is 0.488 e. The predicted molar refractivity (Wildman–Crippen MR) is 73.3 cm³/mol. The molecule has 0 aliphatic carbocycles. The Kier molecular flexibility index (Phi) is 4.61. The molecular weight excluding hydrogens is 226 g/mol. The maximum absolute atomic E-state index is 5.89. The quantitative estimate of drug-likeness (QED) is 0.785. The summed E-state index contributed by atoms with van der Waals surface area (Å²) in [6.45, 7) is 8.76. The fraction of sp³-hybridized carbons (Fsp3) is 0.600. The number of ether oxygens (including phenoxy) is 2. The highest BCUT2D eigenvalue weighted by Gasteiger charge is 2.22. The van der Waals surface area contributed by atoms with Gasteiger partial charge in [-0.05, 0) is 32.4 Å². The lowest BCUT2D eigenvalue weighted by molar-refractivity contribution is 0.0794. The zero-order valence-corrected chi connectivity index (χ0v) is 11.5. The first-order valence-electron chi connectivity index (χ1n) is 6.73. The highest BCUT2D eigenvalue weighted by Crippen LogP contribution is 2.29. The van der Waals surface area contributed by atoms with Gasteiger partial charge in [0.25, 0.3) is 0 Å². The molecule has 0 saturated heterocycles. The molecule has 3 heteroatoms. The van der Waals surface area contributed by atoms with E-state index in [9.17, 15) is 0 Å². The molecule has 0 aromatic heterocycles. The Morgan fingerprint density at radius 3 is 3.06 bits per heavy atom. The summed E-state index contributed by atoms with van der Waals surface area (Å²) in [4.78, 5) is 0. The molecule has 1 aromatic rings. The first-order valence-corrected chi connectivity index (χ1v) is 6.73. The van der Waals surface area contributed by atoms with Crippen molar-refractivity contribution in [2.45, 2.75) is 39.4 Å². The Hall–Kier alpha value is -1.06. The second-order valence-corrected chi connectivity index (χ2v) is 5.18. The van der Waals surface area contributed by atoms with E-state index in [2.05, 4.69) is 44.3 Å². The Bertz CT molecular complexity index is 390. The van der Waals surface area contributed by atoms with Crippen LogP contribution >= 0.6 is 0 Å². The highest BCUT2D eigenvalue weighted by atomic mass is 16.5. The van der Waals surface area contributed by atoms with Gasteiger partial charge >= 0.3 is 0 Å². The van der Waals surface area contributed by atoms with Crippen LogP contribution in [0.5, 0.6) is 5.75 Å². The normalized spacial score (nSPS) is 17.9. The summed E-state index contributed by atoms with van der Waals surface area (Å²) in [6.07, 6.45) is 1.58. The molecule has 0 spiro atoms. The number of hydrogen-bond acceptors (Lipinski definition) is 3. The molecule has 0 saturated carbocycles. The van der Waals surface area contributed by atoms with Crippen molar-refractivity contribution in [3.63, 3.8) is 0 Å². The third-order valence-electron chi connectivity index (χ3n) is 3.06. The molecule has 0 radical (unpaired) electrons. The van der Waals surface area contributed by atoms with Crippen LogP contribution in [0.2, 0.25) is 0 Å². The first-order chi connectivity index (χ1) is 8.65. The van der Waals surface area contributed by atoms with Crippen LogP contribution in [0.3, 0.4) is 0 Å². The highest BCUT2D eigenvalue weighted by molar-refractivity contribution is 5.40. The van der Waals surface area contributed by atoms with Crippen molar-refractivity contribution in [1.29, 1.82) is 0 Å². The molecule has 18 heavy (non-hydrogen) atoms. The Balaban J connectivity index is 1.68. The summed E-state index contributed by atoms with van der Waals surface area (Å²) in [5.74, 6) is 1.05. The molecule has 0 bridgehead atoms. The van der Waals surface area contributed by atoms with E-state index in [0.29, 0.717) is 6.10 Å². The molecule has 1 N–H and O–H groups in total. The minimum Gasteiger partial charge on any atom is -0.488 e. The van der Waals surface area contributed by atoms with Crippen LogP contribution in [-0.2, 0) is 11.2 Å². The predicted octanol–water partition coefficient (Wildman–Crippen LogP) is 2.31. The monoisotopic (exact) mass is 249 g/mol. The van der Waals surface area contributed by atoms with Gasteiger partial charge in [0.2, 0.25) is 0 Å². The van der Waals surface area contributed by atoms with Gasteiger partial charge in [-0.1, -0.05) is 17.7 Å². The van der Waals surface area contributed by atoms with Gasteiger partial charge in [0.1, 0.15) is 11.9 Å². The van der Waals surface area contributed by atoms with Crippen molar-refractivity contribution in [1.82, 2.24) is 5.32 Å². The second kappa shape index (κ2) is 6.21. The van der Waals surface area contributed by atoms with Gasteiger partial charge in [0.05, 0.1) is 12.7 Å². The van der Waals surface area contributed by atoms with Crippen molar-refractivity contribution in [2.75, 3.05) is 19.7 Å². The molecule has 1 heterocycles. The van der Waals surface area contributed by atoms with Crippen molar-refractivity contribution in [3.8, 4) is 5.75 Å². The average Bonchev–Trinajstić information content (AvgIpc) is 2.70. The molecule has 100 valence electrons. The van der Waals surface area contributed by atoms with Crippen LogP contribution < -0.4 is 10.1 Å². The van der Waals surface area contributed by atoms with Gasteiger partial charge in [0.15, 0.2) is 0 Å². The molecule has 1 aromatic carbocycles. The fourth-order valence-electron chi connectivity index (χ4n) is 2.19. The number of hydrogen-bond donors (Lipinski definition) is 1. The fourth-order valence-corrected chi connectivity index (χ4v) is 2.19. The first kappa shape index (κ1) is 13.4. The zero-order valence-electron chi connectivity index (χ0n) is 11.5. The standard InChI is InChI=1S/C15H23NO2/c1-11(2)17-7-6-16-10-14-9-13-8-12(3)4-5-15(13)18-14/h4-5,8,11,14,16H,6-7,9-10H2,1-3H3. The topological polar surface area (TPSA) is 30.5 Å². The van der Waals surface area contributed by atoms with Crippen molar-refractivity contribution in [2.24, 2.45) is 0 Å².